The van der Waals surface area contributed by atoms with E-state index in [2.05, 4.69) is 62.8 Å². The Kier molecular flexibility index (Phi) is 3.94. The minimum absolute atomic E-state index is 0.00916. The molecule has 0 spiro atoms. The molecule has 0 amide bonds. The Morgan fingerprint density at radius 1 is 0.900 bits per heavy atom. The molecule has 0 unspecified atom stereocenters. The van der Waals surface area contributed by atoms with Gasteiger partial charge in [0.25, 0.3) is 0 Å². The number of rotatable bonds is 3. The molecule has 0 bridgehead atoms. The third-order valence-electron chi connectivity index (χ3n) is 3.66. The van der Waals surface area contributed by atoms with Crippen LogP contribution < -0.4 is 0 Å². The third kappa shape index (κ3) is 3.44. The van der Waals surface area contributed by atoms with E-state index in [-0.39, 0.29) is 10.8 Å². The predicted octanol–water partition coefficient (Wildman–Crippen LogP) is 4.29. The molecular weight excluding hydrogens is 244 g/mol. The monoisotopic (exact) mass is 268 g/mol. The van der Waals surface area contributed by atoms with Gasteiger partial charge in [0.1, 0.15) is 0 Å². The molecule has 0 atom stereocenters. The van der Waals surface area contributed by atoms with Crippen LogP contribution in [0.25, 0.3) is 0 Å². The van der Waals surface area contributed by atoms with E-state index in [1.165, 1.54) is 5.56 Å². The SMILES string of the molecule is CC(C)(C)c1ccnc(CC(C)(C)c2ccccn2)c1. The van der Waals surface area contributed by atoms with Gasteiger partial charge in [0.15, 0.2) is 0 Å². The first kappa shape index (κ1) is 14.7. The fourth-order valence-corrected chi connectivity index (χ4v) is 2.35. The average Bonchev–Trinajstić information content (AvgIpc) is 2.38. The zero-order valence-electron chi connectivity index (χ0n) is 13.1. The van der Waals surface area contributed by atoms with Crippen LogP contribution in [0.5, 0.6) is 0 Å². The zero-order valence-corrected chi connectivity index (χ0v) is 13.1. The van der Waals surface area contributed by atoms with Crippen molar-refractivity contribution in [2.45, 2.75) is 51.9 Å². The molecule has 0 saturated carbocycles. The topological polar surface area (TPSA) is 25.8 Å². The zero-order chi connectivity index (χ0) is 14.8. The van der Waals surface area contributed by atoms with E-state index >= 15 is 0 Å². The van der Waals surface area contributed by atoms with Gasteiger partial charge >= 0.3 is 0 Å². The lowest BCUT2D eigenvalue weighted by molar-refractivity contribution is 0.497. The maximum atomic E-state index is 4.54. The molecule has 0 aromatic carbocycles. The highest BCUT2D eigenvalue weighted by Gasteiger charge is 2.24. The van der Waals surface area contributed by atoms with Gasteiger partial charge in [0.05, 0.1) is 0 Å². The highest BCUT2D eigenvalue weighted by molar-refractivity contribution is 5.26. The maximum absolute atomic E-state index is 4.54. The number of hydrogen-bond donors (Lipinski definition) is 0. The quantitative estimate of drug-likeness (QED) is 0.829. The van der Waals surface area contributed by atoms with Crippen LogP contribution in [0, 0.1) is 0 Å². The minimum Gasteiger partial charge on any atom is -0.261 e. The summed E-state index contributed by atoms with van der Waals surface area (Å²) in [5, 5.41) is 0. The lowest BCUT2D eigenvalue weighted by Gasteiger charge is -2.25. The lowest BCUT2D eigenvalue weighted by Crippen LogP contribution is -2.23. The van der Waals surface area contributed by atoms with E-state index in [4.69, 9.17) is 0 Å². The molecule has 2 nitrogen and oxygen atoms in total. The van der Waals surface area contributed by atoms with Gasteiger partial charge in [0.2, 0.25) is 0 Å². The van der Waals surface area contributed by atoms with Crippen molar-refractivity contribution in [1.82, 2.24) is 9.97 Å². The average molecular weight is 268 g/mol. The first-order chi connectivity index (χ1) is 9.29. The molecule has 0 aliphatic heterocycles. The third-order valence-corrected chi connectivity index (χ3v) is 3.66. The number of nitrogens with zero attached hydrogens (tertiary/aromatic N) is 2. The summed E-state index contributed by atoms with van der Waals surface area (Å²) < 4.78 is 0. The largest absolute Gasteiger partial charge is 0.261 e. The van der Waals surface area contributed by atoms with Crippen LogP contribution in [0.15, 0.2) is 42.7 Å². The summed E-state index contributed by atoms with van der Waals surface area (Å²) in [7, 11) is 0. The van der Waals surface area contributed by atoms with Crippen LogP contribution in [0.1, 0.15) is 51.6 Å². The van der Waals surface area contributed by atoms with Crippen LogP contribution in [0.4, 0.5) is 0 Å². The van der Waals surface area contributed by atoms with E-state index in [0.29, 0.717) is 0 Å². The summed E-state index contributed by atoms with van der Waals surface area (Å²) in [4.78, 5) is 9.03. The Bertz CT molecular complexity index is 565. The summed E-state index contributed by atoms with van der Waals surface area (Å²) in [6, 6.07) is 10.4. The van der Waals surface area contributed by atoms with Gasteiger partial charge in [-0.05, 0) is 35.2 Å². The van der Waals surface area contributed by atoms with Gasteiger partial charge in [-0.2, -0.15) is 0 Å². The normalized spacial score (nSPS) is 12.4. The molecule has 0 fully saturated rings. The number of hydrogen-bond acceptors (Lipinski definition) is 2. The van der Waals surface area contributed by atoms with E-state index < -0.39 is 0 Å². The number of aromatic nitrogens is 2. The van der Waals surface area contributed by atoms with Gasteiger partial charge in [-0.15, -0.1) is 0 Å². The predicted molar refractivity (Wildman–Crippen MR) is 83.9 cm³/mol. The van der Waals surface area contributed by atoms with Gasteiger partial charge in [-0.1, -0.05) is 40.7 Å². The summed E-state index contributed by atoms with van der Waals surface area (Å²) in [6.07, 6.45) is 4.68. The van der Waals surface area contributed by atoms with E-state index in [1.807, 2.05) is 24.5 Å². The highest BCUT2D eigenvalue weighted by Crippen LogP contribution is 2.27. The van der Waals surface area contributed by atoms with Crippen LogP contribution in [0.3, 0.4) is 0 Å². The second kappa shape index (κ2) is 5.35. The molecular formula is C18H24N2. The molecule has 0 aliphatic rings. The van der Waals surface area contributed by atoms with Gasteiger partial charge in [0, 0.05) is 35.6 Å². The molecule has 2 rings (SSSR count). The second-order valence-electron chi connectivity index (χ2n) is 7.06. The Balaban J connectivity index is 2.26. The smallest absolute Gasteiger partial charge is 0.0463 e. The van der Waals surface area contributed by atoms with Crippen LogP contribution in [-0.2, 0) is 17.3 Å². The standard InChI is InChI=1S/C18H24N2/c1-17(2,3)14-9-11-19-15(12-14)13-18(4,5)16-8-6-7-10-20-16/h6-12H,13H2,1-5H3. The van der Waals surface area contributed by atoms with Crippen molar-refractivity contribution in [3.63, 3.8) is 0 Å². The summed E-state index contributed by atoms with van der Waals surface area (Å²) in [5.41, 5.74) is 3.73. The van der Waals surface area contributed by atoms with Crippen molar-refractivity contribution in [1.29, 1.82) is 0 Å². The fraction of sp³-hybridized carbons (Fsp3) is 0.444. The Morgan fingerprint density at radius 2 is 1.65 bits per heavy atom. The fourth-order valence-electron chi connectivity index (χ4n) is 2.35. The first-order valence-electron chi connectivity index (χ1n) is 7.16. The molecule has 2 heterocycles. The molecule has 0 radical (unpaired) electrons. The van der Waals surface area contributed by atoms with Crippen molar-refractivity contribution < 1.29 is 0 Å². The van der Waals surface area contributed by atoms with Crippen LogP contribution >= 0.6 is 0 Å². The molecule has 0 N–H and O–H groups in total. The molecule has 106 valence electrons. The lowest BCUT2D eigenvalue weighted by atomic mass is 9.82. The Labute approximate surface area is 122 Å². The van der Waals surface area contributed by atoms with Gasteiger partial charge < -0.3 is 0 Å². The summed E-state index contributed by atoms with van der Waals surface area (Å²) in [6.45, 7) is 11.1. The van der Waals surface area contributed by atoms with Crippen LogP contribution in [0.2, 0.25) is 0 Å². The van der Waals surface area contributed by atoms with Crippen LogP contribution in [-0.4, -0.2) is 9.97 Å². The summed E-state index contributed by atoms with van der Waals surface area (Å²) in [5.74, 6) is 0. The molecule has 0 saturated heterocycles. The van der Waals surface area contributed by atoms with Crippen molar-refractivity contribution in [3.05, 3.63) is 59.7 Å². The van der Waals surface area contributed by atoms with E-state index in [0.717, 1.165) is 17.8 Å². The molecule has 0 aliphatic carbocycles. The summed E-state index contributed by atoms with van der Waals surface area (Å²) >= 11 is 0. The van der Waals surface area contributed by atoms with Gasteiger partial charge in [-0.25, -0.2) is 0 Å². The Morgan fingerprint density at radius 3 is 2.25 bits per heavy atom. The maximum Gasteiger partial charge on any atom is 0.0463 e. The van der Waals surface area contributed by atoms with Crippen molar-refractivity contribution in [2.75, 3.05) is 0 Å². The molecule has 20 heavy (non-hydrogen) atoms. The first-order valence-corrected chi connectivity index (χ1v) is 7.16. The second-order valence-corrected chi connectivity index (χ2v) is 7.06. The minimum atomic E-state index is -0.00916. The van der Waals surface area contributed by atoms with E-state index in [1.54, 1.807) is 0 Å². The Hall–Kier alpha value is -1.70. The molecule has 2 aromatic heterocycles. The van der Waals surface area contributed by atoms with Gasteiger partial charge in [-0.3, -0.25) is 9.97 Å². The highest BCUT2D eigenvalue weighted by atomic mass is 14.7. The van der Waals surface area contributed by atoms with E-state index in [9.17, 15) is 0 Å². The van der Waals surface area contributed by atoms with Crippen molar-refractivity contribution in [2.24, 2.45) is 0 Å². The molecule has 2 aromatic rings. The van der Waals surface area contributed by atoms with Crippen molar-refractivity contribution >= 4 is 0 Å². The van der Waals surface area contributed by atoms with Crippen molar-refractivity contribution in [3.8, 4) is 0 Å². The number of pyridine rings is 2. The molecule has 2 heteroatoms.